The Morgan fingerprint density at radius 3 is 1.21 bits per heavy atom. The van der Waals surface area contributed by atoms with Gasteiger partial charge in [0.15, 0.2) is 34.1 Å². The first-order valence-electron chi connectivity index (χ1n) is 33.6. The number of nitrogens with two attached hydrogens (primary N) is 4. The average molecular weight is 1610 g/mol. The van der Waals surface area contributed by atoms with Crippen LogP contribution in [0, 0.1) is 6.92 Å². The Bertz CT molecular complexity index is 4850. The van der Waals surface area contributed by atoms with E-state index in [4.69, 9.17) is 64.7 Å². The molecule has 0 radical (unpaired) electrons. The molecule has 5 saturated heterocycles. The maximum absolute atomic E-state index is 11.9. The van der Waals surface area contributed by atoms with Crippen LogP contribution in [0.3, 0.4) is 0 Å². The fourth-order valence-electron chi connectivity index (χ4n) is 12.2. The SMILES string of the molecule is CC[C@@H]1O[C@H](n2cc(C)c(=O)[nH]c2=O)C[C@H]1OP(=O)(O)OC.CC[C@@H]1O[C@H](n2ccc(N)nc2=O)C[C@H]1OP(=O)(O)OC.CC[C@@H]1O[C@H](n2cnc3c(=O)[nH]c(N)nc32)C[C@H]1OP(=O)(O)OC.CC[C@@H]1O[C@H](n2cnc3c(N)ncnc32)C[C@H]1O.CC[C@@H]1O[C@H](n2cnc3c(N)ncnc32)C[C@H]1OP(=O)(O)OC. The van der Waals surface area contributed by atoms with Crippen LogP contribution in [0.15, 0.2) is 69.3 Å². The summed E-state index contributed by atoms with van der Waals surface area (Å²) >= 11 is 0. The Hall–Kier alpha value is -7.59. The lowest BCUT2D eigenvalue weighted by atomic mass is 10.1. The number of phosphoric ester groups is 4. The van der Waals surface area contributed by atoms with E-state index < -0.39 is 128 Å². The Labute approximate surface area is 613 Å². The maximum atomic E-state index is 11.9. The van der Waals surface area contributed by atoms with E-state index in [9.17, 15) is 62.1 Å². The van der Waals surface area contributed by atoms with Gasteiger partial charge in [-0.3, -0.25) is 78.6 Å². The van der Waals surface area contributed by atoms with Gasteiger partial charge in [-0.15, -0.1) is 0 Å². The van der Waals surface area contributed by atoms with Crippen LogP contribution >= 0.6 is 31.3 Å². The molecule has 0 amide bonds. The Balaban J connectivity index is 0.000000156. The molecule has 0 bridgehead atoms. The van der Waals surface area contributed by atoms with Crippen molar-refractivity contribution in [1.29, 1.82) is 0 Å². The number of phosphoric acid groups is 4. The molecule has 108 heavy (non-hydrogen) atoms. The summed E-state index contributed by atoms with van der Waals surface area (Å²) in [4.78, 5) is 126. The highest BCUT2D eigenvalue weighted by molar-refractivity contribution is 7.48. The molecule has 5 aliphatic rings. The molecule has 4 unspecified atom stereocenters. The van der Waals surface area contributed by atoms with Gasteiger partial charge in [0.1, 0.15) is 60.6 Å². The first kappa shape index (κ1) is 84.4. The van der Waals surface area contributed by atoms with Gasteiger partial charge in [-0.25, -0.2) is 62.7 Å². The monoisotopic (exact) mass is 1600 g/mol. The van der Waals surface area contributed by atoms with Crippen molar-refractivity contribution in [3.05, 3.63) is 97.3 Å². The fourth-order valence-corrected chi connectivity index (χ4v) is 14.8. The lowest BCUT2D eigenvalue weighted by Crippen LogP contribution is -2.33. The summed E-state index contributed by atoms with van der Waals surface area (Å²) in [5, 5.41) is 9.87. The molecule has 0 spiro atoms. The predicted molar refractivity (Wildman–Crippen MR) is 378 cm³/mol. The molecule has 50 heteroatoms. The highest BCUT2D eigenvalue weighted by Crippen LogP contribution is 2.52. The summed E-state index contributed by atoms with van der Waals surface area (Å²) in [5.41, 5.74) is 23.4. The molecule has 8 aromatic heterocycles. The summed E-state index contributed by atoms with van der Waals surface area (Å²) in [5.74, 6) is 0.717. The van der Waals surface area contributed by atoms with Crippen molar-refractivity contribution in [2.24, 2.45) is 0 Å². The molecule has 596 valence electrons. The van der Waals surface area contributed by atoms with E-state index in [0.717, 1.165) is 34.9 Å². The topological polar surface area (TPSA) is 634 Å². The minimum absolute atomic E-state index is 0.0358. The second-order valence-corrected chi connectivity index (χ2v) is 30.6. The third-order valence-electron chi connectivity index (χ3n) is 17.7. The van der Waals surface area contributed by atoms with E-state index in [1.54, 1.807) is 33.3 Å². The molecule has 8 aromatic rings. The zero-order chi connectivity index (χ0) is 78.9. The second kappa shape index (κ2) is 36.1. The van der Waals surface area contributed by atoms with Gasteiger partial charge in [0.2, 0.25) is 5.95 Å². The van der Waals surface area contributed by atoms with Crippen LogP contribution in [0.4, 0.5) is 23.4 Å². The smallest absolute Gasteiger partial charge is 0.390 e. The largest absolute Gasteiger partial charge is 0.472 e. The first-order chi connectivity index (χ1) is 51.1. The van der Waals surface area contributed by atoms with Crippen LogP contribution in [0.2, 0.25) is 0 Å². The lowest BCUT2D eigenvalue weighted by Gasteiger charge is -2.18. The molecule has 0 aromatic carbocycles. The third kappa shape index (κ3) is 20.3. The van der Waals surface area contributed by atoms with Crippen LogP contribution in [0.1, 0.15) is 136 Å². The van der Waals surface area contributed by atoms with Crippen LogP contribution in [0.25, 0.3) is 33.5 Å². The summed E-state index contributed by atoms with van der Waals surface area (Å²) in [7, 11) is -12.1. The zero-order valence-corrected chi connectivity index (χ0v) is 63.6. The number of ether oxygens (including phenoxy) is 5. The van der Waals surface area contributed by atoms with E-state index in [1.165, 1.54) is 46.6 Å². The van der Waals surface area contributed by atoms with Gasteiger partial charge in [0.25, 0.3) is 11.1 Å². The van der Waals surface area contributed by atoms with Crippen molar-refractivity contribution in [3.8, 4) is 0 Å². The van der Waals surface area contributed by atoms with E-state index in [2.05, 4.69) is 72.9 Å². The number of hydrogen-bond donors (Lipinski definition) is 11. The number of imidazole rings is 3. The molecule has 13 rings (SSSR count). The van der Waals surface area contributed by atoms with Crippen molar-refractivity contribution in [3.63, 3.8) is 0 Å². The molecule has 0 aliphatic carbocycles. The number of H-pyrrole nitrogens is 2. The van der Waals surface area contributed by atoms with Crippen molar-refractivity contribution < 1.29 is 103 Å². The van der Waals surface area contributed by atoms with Crippen LogP contribution in [0.5, 0.6) is 0 Å². The molecule has 15 N–H and O–H groups in total. The molecule has 46 nitrogen and oxygen atoms in total. The van der Waals surface area contributed by atoms with Gasteiger partial charge in [0.05, 0.1) is 80.0 Å². The van der Waals surface area contributed by atoms with Crippen LogP contribution in [-0.2, 0) is 78.1 Å². The molecule has 13 heterocycles. The second-order valence-electron chi connectivity index (χ2n) is 24.6. The minimum atomic E-state index is -4.15. The summed E-state index contributed by atoms with van der Waals surface area (Å²) < 4.78 is 121. The van der Waals surface area contributed by atoms with Crippen molar-refractivity contribution >= 4 is 88.2 Å². The number of hydrogen-bond acceptors (Lipinski definition) is 35. The Morgan fingerprint density at radius 1 is 0.472 bits per heavy atom. The van der Waals surface area contributed by atoms with Gasteiger partial charge in [-0.1, -0.05) is 34.6 Å². The van der Waals surface area contributed by atoms with Gasteiger partial charge in [-0.05, 0) is 45.1 Å². The van der Waals surface area contributed by atoms with Crippen LogP contribution < -0.4 is 45.4 Å². The summed E-state index contributed by atoms with van der Waals surface area (Å²) in [6.45, 7) is 11.0. The number of fused-ring (bicyclic) bond motifs is 3. The first-order valence-corrected chi connectivity index (χ1v) is 39.6. The maximum Gasteiger partial charge on any atom is 0.472 e. The molecule has 19 atom stereocenters. The number of aromatic amines is 2. The van der Waals surface area contributed by atoms with Gasteiger partial charge in [0, 0.05) is 78.5 Å². The zero-order valence-electron chi connectivity index (χ0n) is 60.0. The Morgan fingerprint density at radius 2 is 0.833 bits per heavy atom. The number of aromatic nitrogens is 16. The number of rotatable bonds is 22. The molecule has 5 aliphatic heterocycles. The highest BCUT2D eigenvalue weighted by atomic mass is 31.2. The molecule has 0 saturated carbocycles. The number of nitrogens with one attached hydrogen (secondary N) is 2. The normalized spacial score (nSPS) is 27.6. The van der Waals surface area contributed by atoms with E-state index in [-0.39, 0.29) is 66.4 Å². The Kier molecular flexibility index (Phi) is 28.2. The van der Waals surface area contributed by atoms with Crippen molar-refractivity contribution in [2.75, 3.05) is 51.4 Å². The van der Waals surface area contributed by atoms with Crippen molar-refractivity contribution in [2.45, 2.75) is 198 Å². The summed E-state index contributed by atoms with van der Waals surface area (Å²) in [6, 6.07) is 1.48. The van der Waals surface area contributed by atoms with E-state index in [0.29, 0.717) is 72.2 Å². The number of anilines is 4. The number of nitrogen functional groups attached to an aromatic ring is 4. The molecular formula is C58H88N20O26P4. The highest BCUT2D eigenvalue weighted by Gasteiger charge is 2.45. The third-order valence-corrected chi connectivity index (χ3v) is 21.7. The van der Waals surface area contributed by atoms with Crippen molar-refractivity contribution in [1.82, 2.24) is 77.7 Å². The predicted octanol–water partition coefficient (Wildman–Crippen LogP) is 3.57. The van der Waals surface area contributed by atoms with Gasteiger partial charge in [-0.2, -0.15) is 9.97 Å². The minimum Gasteiger partial charge on any atom is -0.390 e. The fraction of sp³-hybridized carbons (Fsp3) is 0.603. The number of nitrogens with zero attached hydrogens (tertiary/aromatic N) is 14. The molecule has 5 fully saturated rings. The number of aliphatic hydroxyl groups excluding tert-OH is 1. The standard InChI is InChI=1S/C12H18N5O6P.C12H18N5O5P.C12H19N2O7P.C11H15N5O2.C11H18N3O6P/c1-3-6-7(23-24(19,20)21-2)4-8(22-6)17-5-14-9-10(17)15-12(13)16-11(9)18;1-3-7-8(22-23(18,19)20-2)4-9(21-7)17-6-16-10-11(13)14-5-15-12(10)17;1-4-8-9(21-22(17,18)19-3)5-10(20-8)14-6-7(2)11(15)13-12(14)16;1-2-7-6(17)3-8(18-7)16-5-15-9-10(12)13-4-14-11(9)16;1-3-7-8(20-21(16,17)18-2)6-10(19-7)14-5-4-9(12)13-11(14)15/h5-8H,3-4H2,1-2H3,(H,19,20)(H3,13,15,16,18);5-9H,3-4H2,1-2H3,(H,18,19)(H2,13,14,15);6,8-10H,4-5H2,1-3H3,(H,17,18)(H,13,15,16);4-8,17H,2-3H2,1H3,(H2,12,13,14);4-5,7-8,10H,3,6H2,1-2H3,(H,16,17)(H2,12,13,15)/t6-,7+,8-;7-,8+,9-;8-,9+,10-;6-,7+,8+;7-,8+,10-/m00010/s1. The molecular weight excluding hydrogens is 1520 g/mol. The average Bonchev–Trinajstić information content (AvgIpc) is 1.64. The number of aryl methyl sites for hydroxylation is 1. The number of aliphatic hydroxyl groups is 1. The van der Waals surface area contributed by atoms with Gasteiger partial charge >= 0.3 is 42.7 Å². The van der Waals surface area contributed by atoms with E-state index in [1.807, 2.05) is 34.6 Å². The summed E-state index contributed by atoms with van der Waals surface area (Å²) in [6.07, 6.45) is 7.55. The quantitative estimate of drug-likeness (QED) is 0.0432. The van der Waals surface area contributed by atoms with Crippen LogP contribution in [-0.4, -0.2) is 192 Å². The lowest BCUT2D eigenvalue weighted by molar-refractivity contribution is -0.0223. The van der Waals surface area contributed by atoms with Gasteiger partial charge < -0.3 is 71.3 Å². The van der Waals surface area contributed by atoms with E-state index >= 15 is 0 Å².